The van der Waals surface area contributed by atoms with E-state index in [9.17, 15) is 9.59 Å². The number of amides is 2. The lowest BCUT2D eigenvalue weighted by atomic mass is 10.0. The Hall–Kier alpha value is -2.62. The number of nitrogens with one attached hydrogen (secondary N) is 1. The van der Waals surface area contributed by atoms with Crippen molar-refractivity contribution in [2.24, 2.45) is 0 Å². The van der Waals surface area contributed by atoms with Crippen LogP contribution in [0.25, 0.3) is 0 Å². The van der Waals surface area contributed by atoms with Crippen LogP contribution >= 0.6 is 0 Å². The Morgan fingerprint density at radius 2 is 1.52 bits per heavy atom. The summed E-state index contributed by atoms with van der Waals surface area (Å²) in [5.74, 6) is -0.0711. The lowest BCUT2D eigenvalue weighted by Crippen LogP contribution is -2.50. The molecule has 0 aliphatic rings. The summed E-state index contributed by atoms with van der Waals surface area (Å²) in [5, 5.41) is 2.97. The Bertz CT molecular complexity index is 769. The highest BCUT2D eigenvalue weighted by Crippen LogP contribution is 2.15. The summed E-state index contributed by atoms with van der Waals surface area (Å²) in [7, 11) is 0. The summed E-state index contributed by atoms with van der Waals surface area (Å²) < 4.78 is 0. The van der Waals surface area contributed by atoms with Crippen molar-refractivity contribution in [3.05, 3.63) is 71.3 Å². The SMILES string of the molecule is CCc1ccc(CCC(=O)N(Cc2ccccc2)C(CC)C(=O)NC(C)C)cc1. The van der Waals surface area contributed by atoms with Crippen LogP contribution in [0.1, 0.15) is 57.2 Å². The lowest BCUT2D eigenvalue weighted by molar-refractivity contribution is -0.141. The molecule has 0 radical (unpaired) electrons. The molecule has 0 aliphatic heterocycles. The van der Waals surface area contributed by atoms with Gasteiger partial charge in [-0.3, -0.25) is 9.59 Å². The Kier molecular flexibility index (Phi) is 8.91. The molecule has 2 aromatic carbocycles. The van der Waals surface area contributed by atoms with E-state index in [1.807, 2.05) is 51.1 Å². The summed E-state index contributed by atoms with van der Waals surface area (Å²) in [4.78, 5) is 27.7. The molecule has 4 nitrogen and oxygen atoms in total. The monoisotopic (exact) mass is 394 g/mol. The van der Waals surface area contributed by atoms with Crippen molar-refractivity contribution in [3.63, 3.8) is 0 Å². The van der Waals surface area contributed by atoms with Gasteiger partial charge >= 0.3 is 0 Å². The first-order valence-corrected chi connectivity index (χ1v) is 10.7. The molecule has 0 aliphatic carbocycles. The number of rotatable bonds is 10. The van der Waals surface area contributed by atoms with Crippen LogP contribution in [0.5, 0.6) is 0 Å². The van der Waals surface area contributed by atoms with Crippen LogP contribution in [0.3, 0.4) is 0 Å². The van der Waals surface area contributed by atoms with E-state index < -0.39 is 6.04 Å². The van der Waals surface area contributed by atoms with Gasteiger partial charge in [-0.1, -0.05) is 68.4 Å². The zero-order valence-corrected chi connectivity index (χ0v) is 18.2. The molecule has 2 rings (SSSR count). The zero-order valence-electron chi connectivity index (χ0n) is 18.2. The molecular weight excluding hydrogens is 360 g/mol. The fourth-order valence-corrected chi connectivity index (χ4v) is 3.42. The minimum absolute atomic E-state index is 0.0131. The van der Waals surface area contributed by atoms with Crippen molar-refractivity contribution in [2.75, 3.05) is 0 Å². The van der Waals surface area contributed by atoms with E-state index in [-0.39, 0.29) is 17.9 Å². The van der Waals surface area contributed by atoms with Crippen LogP contribution in [-0.4, -0.2) is 28.8 Å². The molecule has 1 N–H and O–H groups in total. The topological polar surface area (TPSA) is 49.4 Å². The minimum Gasteiger partial charge on any atom is -0.352 e. The molecular formula is C25H34N2O2. The summed E-state index contributed by atoms with van der Waals surface area (Å²) in [5.41, 5.74) is 3.47. The van der Waals surface area contributed by atoms with Crippen LogP contribution in [0.15, 0.2) is 54.6 Å². The summed E-state index contributed by atoms with van der Waals surface area (Å²) >= 11 is 0. The molecule has 1 atom stereocenters. The van der Waals surface area contributed by atoms with E-state index in [1.54, 1.807) is 4.90 Å². The number of carbonyl (C=O) groups excluding carboxylic acids is 2. The summed E-state index contributed by atoms with van der Waals surface area (Å²) in [6.45, 7) is 8.41. The third kappa shape index (κ3) is 7.04. The van der Waals surface area contributed by atoms with Crippen LogP contribution in [-0.2, 0) is 29.0 Å². The smallest absolute Gasteiger partial charge is 0.243 e. The predicted molar refractivity (Wildman–Crippen MR) is 118 cm³/mol. The second-order valence-corrected chi connectivity index (χ2v) is 7.76. The number of nitrogens with zero attached hydrogens (tertiary/aromatic N) is 1. The second kappa shape index (κ2) is 11.4. The van der Waals surface area contributed by atoms with Crippen LogP contribution < -0.4 is 5.32 Å². The number of hydrogen-bond acceptors (Lipinski definition) is 2. The second-order valence-electron chi connectivity index (χ2n) is 7.76. The lowest BCUT2D eigenvalue weighted by Gasteiger charge is -2.31. The highest BCUT2D eigenvalue weighted by Gasteiger charge is 2.28. The van der Waals surface area contributed by atoms with Crippen molar-refractivity contribution >= 4 is 11.8 Å². The van der Waals surface area contributed by atoms with Gasteiger partial charge in [0, 0.05) is 19.0 Å². The van der Waals surface area contributed by atoms with Gasteiger partial charge in [0.05, 0.1) is 0 Å². The normalized spacial score (nSPS) is 11.9. The summed E-state index contributed by atoms with van der Waals surface area (Å²) in [6.07, 6.45) is 2.66. The van der Waals surface area contributed by atoms with Crippen molar-refractivity contribution in [3.8, 4) is 0 Å². The van der Waals surface area contributed by atoms with Gasteiger partial charge in [0.1, 0.15) is 6.04 Å². The van der Waals surface area contributed by atoms with Gasteiger partial charge < -0.3 is 10.2 Å². The molecule has 29 heavy (non-hydrogen) atoms. The molecule has 1 unspecified atom stereocenters. The fourth-order valence-electron chi connectivity index (χ4n) is 3.42. The maximum Gasteiger partial charge on any atom is 0.243 e. The van der Waals surface area contributed by atoms with Crippen molar-refractivity contribution < 1.29 is 9.59 Å². The zero-order chi connectivity index (χ0) is 21.2. The van der Waals surface area contributed by atoms with E-state index in [4.69, 9.17) is 0 Å². The number of benzene rings is 2. The Balaban J connectivity index is 2.15. The highest BCUT2D eigenvalue weighted by atomic mass is 16.2. The molecule has 0 aromatic heterocycles. The quantitative estimate of drug-likeness (QED) is 0.644. The van der Waals surface area contributed by atoms with Gasteiger partial charge in [-0.15, -0.1) is 0 Å². The van der Waals surface area contributed by atoms with Crippen molar-refractivity contribution in [1.82, 2.24) is 10.2 Å². The van der Waals surface area contributed by atoms with Crippen molar-refractivity contribution in [2.45, 2.75) is 72.0 Å². The van der Waals surface area contributed by atoms with E-state index in [0.717, 1.165) is 17.5 Å². The third-order valence-corrected chi connectivity index (χ3v) is 5.07. The summed E-state index contributed by atoms with van der Waals surface area (Å²) in [6, 6.07) is 17.9. The molecule has 0 saturated heterocycles. The highest BCUT2D eigenvalue weighted by molar-refractivity contribution is 5.87. The molecule has 0 heterocycles. The Labute approximate surface area is 175 Å². The standard InChI is InChI=1S/C25H34N2O2/c1-5-20-12-14-21(15-13-20)16-17-24(28)27(18-22-10-8-7-9-11-22)23(6-2)25(29)26-19(3)4/h7-15,19,23H,5-6,16-18H2,1-4H3,(H,26,29). The maximum absolute atomic E-state index is 13.2. The third-order valence-electron chi connectivity index (χ3n) is 5.07. The van der Waals surface area contributed by atoms with Gasteiger partial charge in [-0.05, 0) is 49.8 Å². The maximum atomic E-state index is 13.2. The number of carbonyl (C=O) groups is 2. The Morgan fingerprint density at radius 3 is 2.07 bits per heavy atom. The van der Waals surface area contributed by atoms with Crippen LogP contribution in [0.4, 0.5) is 0 Å². The van der Waals surface area contributed by atoms with Gasteiger partial charge in [0.25, 0.3) is 0 Å². The van der Waals surface area contributed by atoms with Crippen LogP contribution in [0.2, 0.25) is 0 Å². The van der Waals surface area contributed by atoms with E-state index in [1.165, 1.54) is 5.56 Å². The average Bonchev–Trinajstić information content (AvgIpc) is 2.72. The van der Waals surface area contributed by atoms with Gasteiger partial charge in [-0.2, -0.15) is 0 Å². The first kappa shape index (κ1) is 22.7. The number of aryl methyl sites for hydroxylation is 2. The number of hydrogen-bond donors (Lipinski definition) is 1. The van der Waals surface area contributed by atoms with Crippen molar-refractivity contribution in [1.29, 1.82) is 0 Å². The predicted octanol–water partition coefficient (Wildman–Crippen LogP) is 4.51. The van der Waals surface area contributed by atoms with E-state index in [0.29, 0.717) is 25.8 Å². The molecule has 4 heteroatoms. The average molecular weight is 395 g/mol. The van der Waals surface area contributed by atoms with Gasteiger partial charge in [0.15, 0.2) is 0 Å². The molecule has 0 bridgehead atoms. The van der Waals surface area contributed by atoms with E-state index >= 15 is 0 Å². The first-order valence-electron chi connectivity index (χ1n) is 10.7. The molecule has 0 spiro atoms. The van der Waals surface area contributed by atoms with Crippen LogP contribution in [0, 0.1) is 0 Å². The minimum atomic E-state index is -0.465. The molecule has 156 valence electrons. The molecule has 2 amide bonds. The largest absolute Gasteiger partial charge is 0.352 e. The van der Waals surface area contributed by atoms with E-state index in [2.05, 4.69) is 36.5 Å². The molecule has 0 fully saturated rings. The first-order chi connectivity index (χ1) is 13.9. The van der Waals surface area contributed by atoms with Gasteiger partial charge in [-0.25, -0.2) is 0 Å². The molecule has 0 saturated carbocycles. The molecule has 2 aromatic rings. The fraction of sp³-hybridized carbons (Fsp3) is 0.440. The van der Waals surface area contributed by atoms with Gasteiger partial charge in [0.2, 0.25) is 11.8 Å². The Morgan fingerprint density at radius 1 is 0.897 bits per heavy atom.